The molecule has 0 saturated heterocycles. The lowest BCUT2D eigenvalue weighted by atomic mass is 10.0. The summed E-state index contributed by atoms with van der Waals surface area (Å²) in [6, 6.07) is 9.24. The summed E-state index contributed by atoms with van der Waals surface area (Å²) in [6.07, 6.45) is 0.613. The third-order valence-electron chi connectivity index (χ3n) is 4.29. The average Bonchev–Trinajstić information content (AvgIpc) is 3.02. The molecule has 1 aromatic carbocycles. The van der Waals surface area contributed by atoms with Crippen LogP contribution in [0.5, 0.6) is 11.5 Å². The quantitative estimate of drug-likeness (QED) is 0.854. The van der Waals surface area contributed by atoms with E-state index in [2.05, 4.69) is 11.4 Å². The smallest absolute Gasteiger partial charge is 0.262 e. The normalized spacial score (nSPS) is 12.7. The van der Waals surface area contributed by atoms with Crippen LogP contribution in [-0.2, 0) is 22.6 Å². The molecule has 3 rings (SSSR count). The number of anilines is 1. The minimum Gasteiger partial charge on any atom is -0.493 e. The number of thiophene rings is 1. The van der Waals surface area contributed by atoms with Gasteiger partial charge in [-0.3, -0.25) is 9.59 Å². The minimum atomic E-state index is -0.362. The number of hydrogen-bond donors (Lipinski definition) is 1. The number of hydrogen-bond acceptors (Lipinski definition) is 6. The maximum atomic E-state index is 12.3. The van der Waals surface area contributed by atoms with Crippen molar-refractivity contribution in [2.45, 2.75) is 19.9 Å². The van der Waals surface area contributed by atoms with Gasteiger partial charge in [-0.15, -0.1) is 11.3 Å². The number of amides is 2. The summed E-state index contributed by atoms with van der Waals surface area (Å²) >= 11 is 1.34. The number of rotatable bonds is 5. The van der Waals surface area contributed by atoms with Crippen molar-refractivity contribution >= 4 is 28.2 Å². The molecule has 2 heterocycles. The fraction of sp³-hybridized carbons (Fsp3) is 0.316. The lowest BCUT2D eigenvalue weighted by molar-refractivity contribution is -0.129. The first-order valence-electron chi connectivity index (χ1n) is 8.39. The van der Waals surface area contributed by atoms with Crippen molar-refractivity contribution in [2.24, 2.45) is 0 Å². The van der Waals surface area contributed by atoms with Gasteiger partial charge in [-0.1, -0.05) is 12.1 Å². The molecule has 1 N–H and O–H groups in total. The van der Waals surface area contributed by atoms with Gasteiger partial charge in [0, 0.05) is 18.3 Å². The van der Waals surface area contributed by atoms with E-state index in [0.717, 1.165) is 10.4 Å². The van der Waals surface area contributed by atoms with E-state index < -0.39 is 0 Å². The highest BCUT2D eigenvalue weighted by molar-refractivity contribution is 7.16. The van der Waals surface area contributed by atoms with Gasteiger partial charge in [0.15, 0.2) is 18.1 Å². The van der Waals surface area contributed by atoms with Crippen LogP contribution in [0.2, 0.25) is 0 Å². The van der Waals surface area contributed by atoms with Gasteiger partial charge >= 0.3 is 0 Å². The second-order valence-electron chi connectivity index (χ2n) is 6.00. The lowest BCUT2D eigenvalue weighted by Crippen LogP contribution is -2.33. The number of methoxy groups -OCH3 is 1. The van der Waals surface area contributed by atoms with E-state index in [0.29, 0.717) is 41.6 Å². The first-order chi connectivity index (χ1) is 13.0. The van der Waals surface area contributed by atoms with E-state index in [-0.39, 0.29) is 18.4 Å². The van der Waals surface area contributed by atoms with Crippen LogP contribution in [0.25, 0.3) is 0 Å². The Morgan fingerprint density at radius 1 is 1.33 bits per heavy atom. The molecule has 0 unspecified atom stereocenters. The third kappa shape index (κ3) is 4.04. The standard InChI is InChI=1S/C19H19N3O4S/c1-12(23)22-8-7-13-14(9-20)19(27-17(13)10-22)21-18(24)11-26-16-6-4-3-5-15(16)25-2/h3-6H,7-8,10-11H2,1-2H3,(H,21,24). The van der Waals surface area contributed by atoms with E-state index in [9.17, 15) is 14.9 Å². The first-order valence-corrected chi connectivity index (χ1v) is 9.21. The number of benzene rings is 1. The van der Waals surface area contributed by atoms with E-state index in [1.54, 1.807) is 23.1 Å². The Morgan fingerprint density at radius 3 is 2.74 bits per heavy atom. The summed E-state index contributed by atoms with van der Waals surface area (Å²) in [4.78, 5) is 26.6. The summed E-state index contributed by atoms with van der Waals surface area (Å²) in [5, 5.41) is 12.8. The Hall–Kier alpha value is -3.05. The Kier molecular flexibility index (Phi) is 5.62. The van der Waals surface area contributed by atoms with Crippen LogP contribution in [0, 0.1) is 11.3 Å². The van der Waals surface area contributed by atoms with Crippen molar-refractivity contribution in [1.82, 2.24) is 4.90 Å². The van der Waals surface area contributed by atoms with Crippen molar-refractivity contribution in [3.63, 3.8) is 0 Å². The van der Waals surface area contributed by atoms with Gasteiger partial charge in [0.05, 0.1) is 19.2 Å². The Labute approximate surface area is 161 Å². The number of nitriles is 1. The minimum absolute atomic E-state index is 0.00310. The van der Waals surface area contributed by atoms with Crippen LogP contribution in [0.15, 0.2) is 24.3 Å². The van der Waals surface area contributed by atoms with E-state index in [1.165, 1.54) is 25.4 Å². The van der Waals surface area contributed by atoms with Gasteiger partial charge in [-0.2, -0.15) is 5.26 Å². The lowest BCUT2D eigenvalue weighted by Gasteiger charge is -2.25. The van der Waals surface area contributed by atoms with Crippen LogP contribution in [0.4, 0.5) is 5.00 Å². The van der Waals surface area contributed by atoms with E-state index in [4.69, 9.17) is 9.47 Å². The summed E-state index contributed by atoms with van der Waals surface area (Å²) in [6.45, 7) is 2.38. The molecule has 8 heteroatoms. The molecule has 0 radical (unpaired) electrons. The number of carbonyl (C=O) groups is 2. The van der Waals surface area contributed by atoms with Crippen molar-refractivity contribution in [3.05, 3.63) is 40.3 Å². The number of carbonyl (C=O) groups excluding carboxylic acids is 2. The van der Waals surface area contributed by atoms with Crippen molar-refractivity contribution in [1.29, 1.82) is 5.26 Å². The van der Waals surface area contributed by atoms with Crippen molar-refractivity contribution in [3.8, 4) is 17.6 Å². The van der Waals surface area contributed by atoms with Gasteiger partial charge in [0.2, 0.25) is 5.91 Å². The summed E-state index contributed by atoms with van der Waals surface area (Å²) in [5.41, 5.74) is 1.39. The molecule has 0 spiro atoms. The Bertz CT molecular complexity index is 916. The molecule has 2 amide bonds. The molecule has 0 fully saturated rings. The second-order valence-corrected chi connectivity index (χ2v) is 7.10. The highest BCUT2D eigenvalue weighted by Gasteiger charge is 2.26. The molecule has 0 atom stereocenters. The van der Waals surface area contributed by atoms with Gasteiger partial charge in [0.1, 0.15) is 11.1 Å². The monoisotopic (exact) mass is 385 g/mol. The van der Waals surface area contributed by atoms with Crippen LogP contribution in [-0.4, -0.2) is 37.0 Å². The molecule has 1 aromatic heterocycles. The Balaban J connectivity index is 1.70. The zero-order chi connectivity index (χ0) is 19.4. The average molecular weight is 385 g/mol. The zero-order valence-electron chi connectivity index (χ0n) is 15.1. The van der Waals surface area contributed by atoms with Gasteiger partial charge in [-0.25, -0.2) is 0 Å². The summed E-state index contributed by atoms with van der Waals surface area (Å²) in [7, 11) is 1.53. The van der Waals surface area contributed by atoms with Crippen LogP contribution < -0.4 is 14.8 Å². The fourth-order valence-electron chi connectivity index (χ4n) is 2.92. The third-order valence-corrected chi connectivity index (χ3v) is 5.43. The fourth-order valence-corrected chi connectivity index (χ4v) is 4.15. The van der Waals surface area contributed by atoms with Crippen molar-refractivity contribution < 1.29 is 19.1 Å². The maximum Gasteiger partial charge on any atom is 0.262 e. The number of fused-ring (bicyclic) bond motifs is 1. The van der Waals surface area contributed by atoms with Crippen LogP contribution in [0.3, 0.4) is 0 Å². The molecule has 0 bridgehead atoms. The SMILES string of the molecule is COc1ccccc1OCC(=O)Nc1sc2c(c1C#N)CCN(C(C)=O)C2. The number of nitrogens with one attached hydrogen (secondary N) is 1. The second kappa shape index (κ2) is 8.10. The van der Waals surface area contributed by atoms with E-state index >= 15 is 0 Å². The highest BCUT2D eigenvalue weighted by atomic mass is 32.1. The van der Waals surface area contributed by atoms with Crippen molar-refractivity contribution in [2.75, 3.05) is 25.6 Å². The number of ether oxygens (including phenoxy) is 2. The summed E-state index contributed by atoms with van der Waals surface area (Å²) < 4.78 is 10.7. The van der Waals surface area contributed by atoms with Crippen LogP contribution >= 0.6 is 11.3 Å². The van der Waals surface area contributed by atoms with Gasteiger partial charge < -0.3 is 19.7 Å². The first kappa shape index (κ1) is 18.7. The number of para-hydroxylation sites is 2. The van der Waals surface area contributed by atoms with Crippen LogP contribution in [0.1, 0.15) is 22.9 Å². The molecule has 1 aliphatic rings. The highest BCUT2D eigenvalue weighted by Crippen LogP contribution is 2.36. The summed E-state index contributed by atoms with van der Waals surface area (Å²) in [5.74, 6) is 0.653. The maximum absolute atomic E-state index is 12.3. The number of nitrogens with zero attached hydrogens (tertiary/aromatic N) is 2. The molecule has 7 nitrogen and oxygen atoms in total. The molecule has 2 aromatic rings. The molecule has 1 aliphatic heterocycles. The molecular formula is C19H19N3O4S. The van der Waals surface area contributed by atoms with Gasteiger partial charge in [0.25, 0.3) is 5.91 Å². The van der Waals surface area contributed by atoms with E-state index in [1.807, 2.05) is 6.07 Å². The zero-order valence-corrected chi connectivity index (χ0v) is 15.9. The topological polar surface area (TPSA) is 91.7 Å². The molecule has 140 valence electrons. The predicted octanol–water partition coefficient (Wildman–Crippen LogP) is 2.55. The molecule has 0 aliphatic carbocycles. The Morgan fingerprint density at radius 2 is 2.07 bits per heavy atom. The van der Waals surface area contributed by atoms with Gasteiger partial charge in [-0.05, 0) is 24.1 Å². The predicted molar refractivity (Wildman–Crippen MR) is 101 cm³/mol. The molecule has 0 saturated carbocycles. The molecule has 27 heavy (non-hydrogen) atoms. The largest absolute Gasteiger partial charge is 0.493 e. The molecular weight excluding hydrogens is 366 g/mol.